The van der Waals surface area contributed by atoms with Gasteiger partial charge < -0.3 is 14.8 Å². The molecule has 3 heterocycles. The van der Waals surface area contributed by atoms with Crippen LogP contribution in [0.1, 0.15) is 18.7 Å². The van der Waals surface area contributed by atoms with Gasteiger partial charge in [0, 0.05) is 31.7 Å². The van der Waals surface area contributed by atoms with Crippen LogP contribution in [0.5, 0.6) is 0 Å². The normalized spacial score (nSPS) is 19.2. The summed E-state index contributed by atoms with van der Waals surface area (Å²) in [6, 6.07) is 4.59. The Morgan fingerprint density at radius 3 is 3.10 bits per heavy atom. The molecule has 5 heteroatoms. The van der Waals surface area contributed by atoms with E-state index in [1.54, 1.807) is 0 Å². The molecule has 1 aliphatic rings. The number of aromatic nitrogens is 3. The highest BCUT2D eigenvalue weighted by Gasteiger charge is 2.19. The minimum Gasteiger partial charge on any atom is -0.314 e. The Balaban J connectivity index is 1.89. The zero-order valence-electron chi connectivity index (χ0n) is 12.3. The Bertz CT molecular complexity index is 569. The van der Waals surface area contributed by atoms with Gasteiger partial charge >= 0.3 is 0 Å². The molecule has 0 aliphatic carbocycles. The molecule has 1 aliphatic heterocycles. The summed E-state index contributed by atoms with van der Waals surface area (Å²) in [5.41, 5.74) is 2.03. The van der Waals surface area contributed by atoms with Crippen LogP contribution >= 0.6 is 0 Å². The SMILES string of the molecule is CN(C)CCn1c(CC2CCCN2)nc2cccnc21. The summed E-state index contributed by atoms with van der Waals surface area (Å²) in [5.74, 6) is 1.17. The van der Waals surface area contributed by atoms with Crippen LogP contribution in [0.3, 0.4) is 0 Å². The summed E-state index contributed by atoms with van der Waals surface area (Å²) in [6.07, 6.45) is 5.39. The average molecular weight is 273 g/mol. The fraction of sp³-hybridized carbons (Fsp3) is 0.600. The highest BCUT2D eigenvalue weighted by atomic mass is 15.2. The second-order valence-corrected chi connectivity index (χ2v) is 5.83. The van der Waals surface area contributed by atoms with Gasteiger partial charge in [-0.1, -0.05) is 0 Å². The van der Waals surface area contributed by atoms with Gasteiger partial charge in [0.25, 0.3) is 0 Å². The van der Waals surface area contributed by atoms with Crippen LogP contribution < -0.4 is 5.32 Å². The van der Waals surface area contributed by atoms with Crippen LogP contribution in [0.4, 0.5) is 0 Å². The number of imidazole rings is 1. The molecule has 0 amide bonds. The highest BCUT2D eigenvalue weighted by Crippen LogP contribution is 2.17. The first-order valence-electron chi connectivity index (χ1n) is 7.42. The van der Waals surface area contributed by atoms with E-state index >= 15 is 0 Å². The van der Waals surface area contributed by atoms with E-state index in [0.29, 0.717) is 6.04 Å². The lowest BCUT2D eigenvalue weighted by Crippen LogP contribution is -2.26. The topological polar surface area (TPSA) is 46.0 Å². The maximum Gasteiger partial charge on any atom is 0.160 e. The van der Waals surface area contributed by atoms with Crippen molar-refractivity contribution >= 4 is 11.2 Å². The monoisotopic (exact) mass is 273 g/mol. The molecule has 1 fully saturated rings. The van der Waals surface area contributed by atoms with E-state index in [9.17, 15) is 0 Å². The standard InChI is InChI=1S/C15H23N5/c1-19(2)9-10-20-14(11-12-5-3-7-16-12)18-13-6-4-8-17-15(13)20/h4,6,8,12,16H,3,5,7,9-11H2,1-2H3. The molecule has 0 spiro atoms. The number of hydrogen-bond acceptors (Lipinski definition) is 4. The van der Waals surface area contributed by atoms with Crippen molar-refractivity contribution in [2.75, 3.05) is 27.2 Å². The molecule has 1 atom stereocenters. The summed E-state index contributed by atoms with van der Waals surface area (Å²) in [7, 11) is 4.20. The molecule has 0 radical (unpaired) electrons. The molecule has 5 nitrogen and oxygen atoms in total. The number of pyridine rings is 1. The maximum absolute atomic E-state index is 4.80. The Labute approximate surface area is 120 Å². The van der Waals surface area contributed by atoms with E-state index in [4.69, 9.17) is 4.98 Å². The summed E-state index contributed by atoms with van der Waals surface area (Å²) >= 11 is 0. The highest BCUT2D eigenvalue weighted by molar-refractivity contribution is 5.71. The fourth-order valence-corrected chi connectivity index (χ4v) is 2.85. The van der Waals surface area contributed by atoms with Gasteiger partial charge in [-0.05, 0) is 45.6 Å². The third-order valence-electron chi connectivity index (χ3n) is 3.94. The van der Waals surface area contributed by atoms with E-state index in [0.717, 1.165) is 37.2 Å². The predicted octanol–water partition coefficient (Wildman–Crippen LogP) is 1.29. The third-order valence-corrected chi connectivity index (χ3v) is 3.94. The van der Waals surface area contributed by atoms with E-state index in [2.05, 4.69) is 39.9 Å². The Kier molecular flexibility index (Phi) is 3.98. The first-order valence-corrected chi connectivity index (χ1v) is 7.42. The molecule has 2 aromatic heterocycles. The van der Waals surface area contributed by atoms with E-state index in [-0.39, 0.29) is 0 Å². The van der Waals surface area contributed by atoms with Crippen molar-refractivity contribution in [1.82, 2.24) is 24.8 Å². The van der Waals surface area contributed by atoms with Gasteiger partial charge in [0.1, 0.15) is 11.3 Å². The van der Waals surface area contributed by atoms with Gasteiger partial charge in [0.15, 0.2) is 5.65 Å². The maximum atomic E-state index is 4.80. The molecule has 1 unspecified atom stereocenters. The molecule has 1 N–H and O–H groups in total. The molecular weight excluding hydrogens is 250 g/mol. The van der Waals surface area contributed by atoms with Crippen molar-refractivity contribution in [1.29, 1.82) is 0 Å². The number of rotatable bonds is 5. The molecule has 108 valence electrons. The molecular formula is C15H23N5. The number of nitrogens with one attached hydrogen (secondary N) is 1. The number of likely N-dealkylation sites (N-methyl/N-ethyl adjacent to an activating group) is 1. The summed E-state index contributed by atoms with van der Waals surface area (Å²) in [6.45, 7) is 3.09. The zero-order chi connectivity index (χ0) is 13.9. The molecule has 0 bridgehead atoms. The van der Waals surface area contributed by atoms with Gasteiger partial charge in [0.2, 0.25) is 0 Å². The quantitative estimate of drug-likeness (QED) is 0.891. The van der Waals surface area contributed by atoms with E-state index < -0.39 is 0 Å². The second-order valence-electron chi connectivity index (χ2n) is 5.83. The second kappa shape index (κ2) is 5.89. The smallest absolute Gasteiger partial charge is 0.160 e. The van der Waals surface area contributed by atoms with Crippen LogP contribution in [-0.4, -0.2) is 52.7 Å². The largest absolute Gasteiger partial charge is 0.314 e. The van der Waals surface area contributed by atoms with E-state index in [1.807, 2.05) is 12.3 Å². The van der Waals surface area contributed by atoms with Crippen LogP contribution in [0.15, 0.2) is 18.3 Å². The first-order chi connectivity index (χ1) is 9.74. The van der Waals surface area contributed by atoms with Crippen molar-refractivity contribution in [3.05, 3.63) is 24.2 Å². The summed E-state index contributed by atoms with van der Waals surface area (Å²) < 4.78 is 2.29. The Morgan fingerprint density at radius 1 is 1.45 bits per heavy atom. The lowest BCUT2D eigenvalue weighted by atomic mass is 10.1. The molecule has 2 aromatic rings. The van der Waals surface area contributed by atoms with E-state index in [1.165, 1.54) is 18.7 Å². The van der Waals surface area contributed by atoms with Crippen molar-refractivity contribution in [2.24, 2.45) is 0 Å². The molecule has 0 aromatic carbocycles. The van der Waals surface area contributed by atoms with Gasteiger partial charge in [-0.25, -0.2) is 9.97 Å². The molecule has 1 saturated heterocycles. The van der Waals surface area contributed by atoms with Gasteiger partial charge in [-0.15, -0.1) is 0 Å². The summed E-state index contributed by atoms with van der Waals surface area (Å²) in [4.78, 5) is 11.5. The molecule has 20 heavy (non-hydrogen) atoms. The minimum atomic E-state index is 0.574. The fourth-order valence-electron chi connectivity index (χ4n) is 2.85. The van der Waals surface area contributed by atoms with Crippen molar-refractivity contribution < 1.29 is 0 Å². The van der Waals surface area contributed by atoms with Crippen LogP contribution in [0.25, 0.3) is 11.2 Å². The van der Waals surface area contributed by atoms with Crippen molar-refractivity contribution in [3.8, 4) is 0 Å². The molecule has 0 saturated carbocycles. The van der Waals surface area contributed by atoms with Crippen molar-refractivity contribution in [2.45, 2.75) is 31.8 Å². The third kappa shape index (κ3) is 2.83. The van der Waals surface area contributed by atoms with Gasteiger partial charge in [-0.2, -0.15) is 0 Å². The number of nitrogens with zero attached hydrogens (tertiary/aromatic N) is 4. The van der Waals surface area contributed by atoms with Crippen molar-refractivity contribution in [3.63, 3.8) is 0 Å². The first kappa shape index (κ1) is 13.5. The Hall–Kier alpha value is -1.46. The Morgan fingerprint density at radius 2 is 2.35 bits per heavy atom. The molecule has 3 rings (SSSR count). The predicted molar refractivity (Wildman–Crippen MR) is 80.8 cm³/mol. The van der Waals surface area contributed by atoms with Crippen LogP contribution in [0.2, 0.25) is 0 Å². The van der Waals surface area contributed by atoms with Crippen LogP contribution in [0, 0.1) is 0 Å². The summed E-state index contributed by atoms with van der Waals surface area (Å²) in [5, 5.41) is 3.56. The van der Waals surface area contributed by atoms with Gasteiger partial charge in [-0.3, -0.25) is 0 Å². The zero-order valence-corrected chi connectivity index (χ0v) is 12.3. The van der Waals surface area contributed by atoms with Crippen LogP contribution in [-0.2, 0) is 13.0 Å². The van der Waals surface area contributed by atoms with Gasteiger partial charge in [0.05, 0.1) is 0 Å². The lowest BCUT2D eigenvalue weighted by molar-refractivity contribution is 0.381. The minimum absolute atomic E-state index is 0.574. The number of hydrogen-bond donors (Lipinski definition) is 1. The average Bonchev–Trinajstić information content (AvgIpc) is 3.04. The number of fused-ring (bicyclic) bond motifs is 1. The lowest BCUT2D eigenvalue weighted by Gasteiger charge is -2.15.